The third kappa shape index (κ3) is 3.99. The maximum Gasteiger partial charge on any atom is 0.226 e. The highest BCUT2D eigenvalue weighted by Gasteiger charge is 2.43. The molecule has 27 heavy (non-hydrogen) atoms. The molecule has 2 fully saturated rings. The molecule has 2 saturated heterocycles. The molecule has 0 unspecified atom stereocenters. The number of fused-ring (bicyclic) bond motifs is 1. The van der Waals surface area contributed by atoms with Gasteiger partial charge in [-0.05, 0) is 32.8 Å². The Morgan fingerprint density at radius 3 is 2.56 bits per heavy atom. The van der Waals surface area contributed by atoms with E-state index in [0.29, 0.717) is 32.3 Å². The van der Waals surface area contributed by atoms with E-state index >= 15 is 0 Å². The Morgan fingerprint density at radius 2 is 1.85 bits per heavy atom. The van der Waals surface area contributed by atoms with Crippen molar-refractivity contribution >= 4 is 5.91 Å². The predicted octanol–water partition coefficient (Wildman–Crippen LogP) is 3.08. The van der Waals surface area contributed by atoms with Gasteiger partial charge in [-0.3, -0.25) is 4.79 Å². The van der Waals surface area contributed by atoms with Crippen molar-refractivity contribution in [2.75, 3.05) is 32.8 Å². The highest BCUT2D eigenvalue weighted by molar-refractivity contribution is 5.79. The minimum Gasteiger partial charge on any atom is -0.485 e. The Morgan fingerprint density at radius 1 is 1.15 bits per heavy atom. The summed E-state index contributed by atoms with van der Waals surface area (Å²) >= 11 is 0. The van der Waals surface area contributed by atoms with Crippen molar-refractivity contribution in [3.8, 4) is 5.75 Å². The molecule has 0 atom stereocenters. The van der Waals surface area contributed by atoms with Crippen LogP contribution >= 0.6 is 0 Å². The Balaban J connectivity index is 1.58. The standard InChI is InChI=1S/C22H32N2O3/c1-17(2)23-11-9-22(10-12-23)16-24(21(25)18-7-13-26-14-8-18)15-19-5-3-4-6-20(19)27-22/h3-6,17-18H,7-16H2,1-2H3. The van der Waals surface area contributed by atoms with Crippen molar-refractivity contribution in [1.82, 2.24) is 9.80 Å². The number of carbonyl (C=O) groups is 1. The molecule has 0 aliphatic carbocycles. The molecule has 148 valence electrons. The summed E-state index contributed by atoms with van der Waals surface area (Å²) in [5.74, 6) is 1.33. The molecule has 0 N–H and O–H groups in total. The molecule has 4 rings (SSSR count). The monoisotopic (exact) mass is 372 g/mol. The molecule has 5 heteroatoms. The Hall–Kier alpha value is -1.59. The average Bonchev–Trinajstić information content (AvgIpc) is 2.85. The number of rotatable bonds is 2. The molecule has 5 nitrogen and oxygen atoms in total. The fraction of sp³-hybridized carbons (Fsp3) is 0.682. The van der Waals surface area contributed by atoms with Gasteiger partial charge in [-0.25, -0.2) is 0 Å². The van der Waals surface area contributed by atoms with Crippen molar-refractivity contribution in [3.63, 3.8) is 0 Å². The maximum atomic E-state index is 13.3. The first-order valence-corrected chi connectivity index (χ1v) is 10.4. The van der Waals surface area contributed by atoms with Gasteiger partial charge in [0, 0.05) is 63.2 Å². The topological polar surface area (TPSA) is 42.0 Å². The third-order valence-corrected chi connectivity index (χ3v) is 6.46. The SMILES string of the molecule is CC(C)N1CCC2(CC1)CN(C(=O)C1CCOCC1)Cc1ccccc1O2. The van der Waals surface area contributed by atoms with Crippen LogP contribution in [-0.4, -0.2) is 60.2 Å². The quantitative estimate of drug-likeness (QED) is 0.800. The van der Waals surface area contributed by atoms with Gasteiger partial charge in [0.15, 0.2) is 0 Å². The number of hydrogen-bond donors (Lipinski definition) is 0. The molecule has 0 aromatic heterocycles. The van der Waals surface area contributed by atoms with Crippen LogP contribution in [0.15, 0.2) is 24.3 Å². The first-order chi connectivity index (χ1) is 13.1. The lowest BCUT2D eigenvalue weighted by molar-refractivity contribution is -0.142. The van der Waals surface area contributed by atoms with Gasteiger partial charge in [-0.2, -0.15) is 0 Å². The number of hydrogen-bond acceptors (Lipinski definition) is 4. The van der Waals surface area contributed by atoms with E-state index < -0.39 is 0 Å². The van der Waals surface area contributed by atoms with Crippen LogP contribution in [0.2, 0.25) is 0 Å². The molecule has 1 amide bonds. The largest absolute Gasteiger partial charge is 0.485 e. The van der Waals surface area contributed by atoms with Crippen molar-refractivity contribution in [2.24, 2.45) is 5.92 Å². The highest BCUT2D eigenvalue weighted by atomic mass is 16.5. The van der Waals surface area contributed by atoms with Crippen molar-refractivity contribution in [1.29, 1.82) is 0 Å². The molecular formula is C22H32N2O3. The van der Waals surface area contributed by atoms with Crippen LogP contribution in [0, 0.1) is 5.92 Å². The zero-order valence-corrected chi connectivity index (χ0v) is 16.7. The maximum absolute atomic E-state index is 13.3. The first-order valence-electron chi connectivity index (χ1n) is 10.4. The molecule has 0 bridgehead atoms. The Kier molecular flexibility index (Phi) is 5.42. The minimum absolute atomic E-state index is 0.0943. The van der Waals surface area contributed by atoms with Crippen LogP contribution < -0.4 is 4.74 Å². The smallest absolute Gasteiger partial charge is 0.226 e. The van der Waals surface area contributed by atoms with Gasteiger partial charge in [0.05, 0.1) is 6.54 Å². The molecule has 0 saturated carbocycles. The number of ether oxygens (including phenoxy) is 2. The summed E-state index contributed by atoms with van der Waals surface area (Å²) in [7, 11) is 0. The van der Waals surface area contributed by atoms with Crippen LogP contribution in [0.5, 0.6) is 5.75 Å². The fourth-order valence-electron chi connectivity index (χ4n) is 4.68. The van der Waals surface area contributed by atoms with Crippen LogP contribution in [-0.2, 0) is 16.1 Å². The van der Waals surface area contributed by atoms with Crippen molar-refractivity contribution < 1.29 is 14.3 Å². The highest BCUT2D eigenvalue weighted by Crippen LogP contribution is 2.36. The van der Waals surface area contributed by atoms with Gasteiger partial charge in [0.25, 0.3) is 0 Å². The Bertz CT molecular complexity index is 661. The number of likely N-dealkylation sites (tertiary alicyclic amines) is 1. The molecule has 3 aliphatic heterocycles. The van der Waals surface area contributed by atoms with Gasteiger partial charge in [-0.15, -0.1) is 0 Å². The Labute approximate surface area is 162 Å². The lowest BCUT2D eigenvalue weighted by Crippen LogP contribution is -2.55. The number of para-hydroxylation sites is 1. The van der Waals surface area contributed by atoms with Crippen LogP contribution in [0.3, 0.4) is 0 Å². The van der Waals surface area contributed by atoms with Crippen molar-refractivity contribution in [3.05, 3.63) is 29.8 Å². The summed E-state index contributed by atoms with van der Waals surface area (Å²) in [5, 5.41) is 0. The first kappa shape index (κ1) is 18.8. The molecular weight excluding hydrogens is 340 g/mol. The van der Waals surface area contributed by atoms with Gasteiger partial charge in [-0.1, -0.05) is 18.2 Å². The lowest BCUT2D eigenvalue weighted by atomic mass is 9.89. The van der Waals surface area contributed by atoms with E-state index in [-0.39, 0.29) is 17.4 Å². The van der Waals surface area contributed by atoms with Gasteiger partial charge in [0.1, 0.15) is 11.4 Å². The average molecular weight is 373 g/mol. The molecule has 1 spiro atoms. The number of carbonyl (C=O) groups excluding carboxylic acids is 1. The number of amides is 1. The molecule has 3 heterocycles. The van der Waals surface area contributed by atoms with Crippen LogP contribution in [0.25, 0.3) is 0 Å². The molecule has 0 radical (unpaired) electrons. The summed E-state index contributed by atoms with van der Waals surface area (Å²) in [6.45, 7) is 9.31. The zero-order chi connectivity index (χ0) is 18.9. The van der Waals surface area contributed by atoms with Gasteiger partial charge < -0.3 is 19.3 Å². The lowest BCUT2D eigenvalue weighted by Gasteiger charge is -2.44. The molecule has 1 aromatic carbocycles. The third-order valence-electron chi connectivity index (χ3n) is 6.46. The molecule has 3 aliphatic rings. The van der Waals surface area contributed by atoms with E-state index in [0.717, 1.165) is 50.1 Å². The van der Waals surface area contributed by atoms with Crippen LogP contribution in [0.1, 0.15) is 45.1 Å². The van der Waals surface area contributed by atoms with Crippen LogP contribution in [0.4, 0.5) is 0 Å². The van der Waals surface area contributed by atoms with Crippen molar-refractivity contribution in [2.45, 2.75) is 57.7 Å². The zero-order valence-electron chi connectivity index (χ0n) is 16.7. The second-order valence-electron chi connectivity index (χ2n) is 8.60. The van der Waals surface area contributed by atoms with E-state index in [1.54, 1.807) is 0 Å². The minimum atomic E-state index is -0.265. The van der Waals surface area contributed by atoms with E-state index in [1.807, 2.05) is 12.1 Å². The summed E-state index contributed by atoms with van der Waals surface area (Å²) in [6, 6.07) is 8.79. The normalized spacial score (nSPS) is 23.7. The van der Waals surface area contributed by atoms with E-state index in [4.69, 9.17) is 9.47 Å². The predicted molar refractivity (Wildman–Crippen MR) is 105 cm³/mol. The summed E-state index contributed by atoms with van der Waals surface area (Å²) < 4.78 is 12.1. The number of benzene rings is 1. The molecule has 1 aromatic rings. The summed E-state index contributed by atoms with van der Waals surface area (Å²) in [5.41, 5.74) is 0.861. The number of piperidine rings is 1. The van der Waals surface area contributed by atoms with Gasteiger partial charge in [0.2, 0.25) is 5.91 Å². The van der Waals surface area contributed by atoms with E-state index in [9.17, 15) is 4.79 Å². The second kappa shape index (κ2) is 7.80. The van der Waals surface area contributed by atoms with Gasteiger partial charge >= 0.3 is 0 Å². The van der Waals surface area contributed by atoms with E-state index in [1.165, 1.54) is 0 Å². The summed E-state index contributed by atoms with van der Waals surface area (Å²) in [6.07, 6.45) is 3.62. The summed E-state index contributed by atoms with van der Waals surface area (Å²) in [4.78, 5) is 17.9. The van der Waals surface area contributed by atoms with E-state index in [2.05, 4.69) is 35.8 Å². The number of nitrogens with zero attached hydrogens (tertiary/aromatic N) is 2. The fourth-order valence-corrected chi connectivity index (χ4v) is 4.68. The second-order valence-corrected chi connectivity index (χ2v) is 8.60.